The molecular formula is C6H10FNO3. The number of hydrogen-bond donors (Lipinski definition) is 2. The van der Waals surface area contributed by atoms with Crippen molar-refractivity contribution >= 4 is 6.09 Å². The molecule has 0 saturated carbocycles. The lowest BCUT2D eigenvalue weighted by molar-refractivity contribution is -0.208. The number of hydrogen-bond acceptors (Lipinski definition) is 2. The molecule has 5 heteroatoms. The van der Waals surface area contributed by atoms with Gasteiger partial charge in [-0.1, -0.05) is 0 Å². The fraction of sp³-hybridized carbons (Fsp3) is 0.833. The third-order valence-electron chi connectivity index (χ3n) is 1.77. The average Bonchev–Trinajstić information content (AvgIpc) is 1.85. The summed E-state index contributed by atoms with van der Waals surface area (Å²) in [6.07, 6.45) is -0.399. The molecule has 4 nitrogen and oxygen atoms in total. The smallest absolute Gasteiger partial charge is 0.411 e. The molecule has 1 aliphatic heterocycles. The lowest BCUT2D eigenvalue weighted by Gasteiger charge is -2.34. The number of carboxylic acid groups (broad SMARTS) is 1. The van der Waals surface area contributed by atoms with E-state index in [1.54, 1.807) is 0 Å². The third kappa shape index (κ3) is 1.59. The summed E-state index contributed by atoms with van der Waals surface area (Å²) in [5.74, 6) is -2.65. The normalized spacial score (nSPS) is 32.0. The summed E-state index contributed by atoms with van der Waals surface area (Å²) < 4.78 is 12.9. The second-order valence-electron chi connectivity index (χ2n) is 2.61. The molecule has 11 heavy (non-hydrogen) atoms. The van der Waals surface area contributed by atoms with Crippen LogP contribution in [0.5, 0.6) is 0 Å². The van der Waals surface area contributed by atoms with E-state index in [1.807, 2.05) is 0 Å². The molecule has 0 aromatic carbocycles. The quantitative estimate of drug-likeness (QED) is 0.518. The van der Waals surface area contributed by atoms with Crippen LogP contribution in [0.1, 0.15) is 19.3 Å². The molecule has 1 saturated heterocycles. The van der Waals surface area contributed by atoms with Gasteiger partial charge in [0.2, 0.25) is 0 Å². The molecule has 1 rings (SSSR count). The highest BCUT2D eigenvalue weighted by Gasteiger charge is 2.39. The van der Waals surface area contributed by atoms with Crippen molar-refractivity contribution in [2.24, 2.45) is 0 Å². The minimum Gasteiger partial charge on any atom is -0.465 e. The Kier molecular flexibility index (Phi) is 1.99. The molecule has 64 valence electrons. The zero-order valence-electron chi connectivity index (χ0n) is 5.96. The van der Waals surface area contributed by atoms with Crippen molar-refractivity contribution in [3.05, 3.63) is 0 Å². The highest BCUT2D eigenvalue weighted by atomic mass is 19.2. The molecule has 1 aliphatic rings. The molecule has 1 fully saturated rings. The maximum atomic E-state index is 12.9. The van der Waals surface area contributed by atoms with Crippen LogP contribution in [-0.2, 0) is 0 Å². The predicted octanol–water partition coefficient (Wildman–Crippen LogP) is 0.766. The number of amides is 1. The highest BCUT2D eigenvalue weighted by Crippen LogP contribution is 2.26. The first-order valence-electron chi connectivity index (χ1n) is 3.46. The van der Waals surface area contributed by atoms with Crippen LogP contribution in [0, 0.1) is 0 Å². The summed E-state index contributed by atoms with van der Waals surface area (Å²) in [7, 11) is 0. The Labute approximate surface area is 63.2 Å². The largest absolute Gasteiger partial charge is 0.465 e. The Balaban J connectivity index is 2.67. The maximum absolute atomic E-state index is 12.9. The van der Waals surface area contributed by atoms with Crippen LogP contribution in [0.4, 0.5) is 9.18 Å². The van der Waals surface area contributed by atoms with E-state index in [0.29, 0.717) is 17.7 Å². The Hall–Kier alpha value is -0.840. The molecule has 1 amide bonds. The van der Waals surface area contributed by atoms with Gasteiger partial charge in [-0.05, 0) is 12.8 Å². The third-order valence-corrected chi connectivity index (χ3v) is 1.77. The number of alkyl halides is 1. The van der Waals surface area contributed by atoms with Crippen molar-refractivity contribution in [1.29, 1.82) is 0 Å². The van der Waals surface area contributed by atoms with Gasteiger partial charge in [-0.15, -0.1) is 0 Å². The van der Waals surface area contributed by atoms with Gasteiger partial charge < -0.3 is 10.2 Å². The van der Waals surface area contributed by atoms with Crippen LogP contribution >= 0.6 is 0 Å². The molecule has 0 spiro atoms. The van der Waals surface area contributed by atoms with Crippen molar-refractivity contribution in [3.8, 4) is 0 Å². The Morgan fingerprint density at radius 3 is 2.55 bits per heavy atom. The first-order valence-corrected chi connectivity index (χ1v) is 3.46. The maximum Gasteiger partial charge on any atom is 0.411 e. The zero-order chi connectivity index (χ0) is 8.48. The number of likely N-dealkylation sites (tertiary alicyclic amines) is 1. The number of aliphatic hydroxyl groups is 1. The summed E-state index contributed by atoms with van der Waals surface area (Å²) >= 11 is 0. The molecule has 0 bridgehead atoms. The van der Waals surface area contributed by atoms with Crippen LogP contribution < -0.4 is 0 Å². The molecular weight excluding hydrogens is 153 g/mol. The van der Waals surface area contributed by atoms with Crippen LogP contribution in [0.15, 0.2) is 0 Å². The van der Waals surface area contributed by atoms with Crippen molar-refractivity contribution in [2.45, 2.75) is 25.2 Å². The standard InChI is InChI=1S/C6H10FNO3/c7-6(11)3-1-2-4-8(6)5(9)10/h11H,1-4H2,(H,9,10)/t6-/m0/s1. The van der Waals surface area contributed by atoms with Gasteiger partial charge >= 0.3 is 6.09 Å². The minimum absolute atomic E-state index is 0.0718. The van der Waals surface area contributed by atoms with E-state index in [-0.39, 0.29) is 13.0 Å². The van der Waals surface area contributed by atoms with Gasteiger partial charge in [-0.3, -0.25) is 4.90 Å². The van der Waals surface area contributed by atoms with Crippen molar-refractivity contribution in [3.63, 3.8) is 0 Å². The summed E-state index contributed by atoms with van der Waals surface area (Å²) in [4.78, 5) is 10.7. The van der Waals surface area contributed by atoms with Crippen LogP contribution in [-0.4, -0.2) is 33.7 Å². The van der Waals surface area contributed by atoms with Gasteiger partial charge in [0.25, 0.3) is 5.98 Å². The molecule has 0 aromatic rings. The molecule has 0 aliphatic carbocycles. The number of rotatable bonds is 0. The molecule has 2 N–H and O–H groups in total. The molecule has 1 atom stereocenters. The monoisotopic (exact) mass is 163 g/mol. The Morgan fingerprint density at radius 1 is 1.55 bits per heavy atom. The zero-order valence-corrected chi connectivity index (χ0v) is 5.96. The summed E-state index contributed by atoms with van der Waals surface area (Å²) in [5, 5.41) is 17.3. The van der Waals surface area contributed by atoms with E-state index >= 15 is 0 Å². The van der Waals surface area contributed by atoms with E-state index in [1.165, 1.54) is 0 Å². The highest BCUT2D eigenvalue weighted by molar-refractivity contribution is 5.65. The van der Waals surface area contributed by atoms with Crippen molar-refractivity contribution in [2.75, 3.05) is 6.54 Å². The van der Waals surface area contributed by atoms with Crippen molar-refractivity contribution < 1.29 is 19.4 Å². The predicted molar refractivity (Wildman–Crippen MR) is 34.6 cm³/mol. The summed E-state index contributed by atoms with van der Waals surface area (Å²) in [6.45, 7) is 0.0718. The second kappa shape index (κ2) is 2.65. The Morgan fingerprint density at radius 2 is 2.18 bits per heavy atom. The first kappa shape index (κ1) is 8.26. The number of piperidine rings is 1. The van der Waals surface area contributed by atoms with Gasteiger partial charge in [-0.25, -0.2) is 4.79 Å². The lowest BCUT2D eigenvalue weighted by Crippen LogP contribution is -2.51. The van der Waals surface area contributed by atoms with E-state index in [2.05, 4.69) is 0 Å². The number of halogens is 1. The van der Waals surface area contributed by atoms with E-state index in [4.69, 9.17) is 10.2 Å². The van der Waals surface area contributed by atoms with E-state index < -0.39 is 12.1 Å². The van der Waals surface area contributed by atoms with E-state index in [9.17, 15) is 9.18 Å². The molecule has 0 aromatic heterocycles. The van der Waals surface area contributed by atoms with E-state index in [0.717, 1.165) is 0 Å². The van der Waals surface area contributed by atoms with Gasteiger partial charge in [0.05, 0.1) is 0 Å². The molecule has 1 heterocycles. The van der Waals surface area contributed by atoms with Crippen LogP contribution in [0.3, 0.4) is 0 Å². The summed E-state index contributed by atoms with van der Waals surface area (Å²) in [5.41, 5.74) is 0. The van der Waals surface area contributed by atoms with Gasteiger partial charge in [0.15, 0.2) is 0 Å². The first-order chi connectivity index (χ1) is 5.04. The SMILES string of the molecule is O=C(O)N1CCCC[C@]1(O)F. The Bertz CT molecular complexity index is 171. The minimum atomic E-state index is -2.65. The van der Waals surface area contributed by atoms with Gasteiger partial charge in [0, 0.05) is 13.0 Å². The number of carbonyl (C=O) groups is 1. The van der Waals surface area contributed by atoms with Crippen molar-refractivity contribution in [1.82, 2.24) is 4.90 Å². The molecule has 0 radical (unpaired) electrons. The fourth-order valence-corrected chi connectivity index (χ4v) is 1.17. The number of nitrogens with zero attached hydrogens (tertiary/aromatic N) is 1. The van der Waals surface area contributed by atoms with Gasteiger partial charge in [-0.2, -0.15) is 4.39 Å². The molecule has 0 unspecified atom stereocenters. The fourth-order valence-electron chi connectivity index (χ4n) is 1.17. The topological polar surface area (TPSA) is 60.8 Å². The lowest BCUT2D eigenvalue weighted by atomic mass is 10.1. The van der Waals surface area contributed by atoms with Gasteiger partial charge in [0.1, 0.15) is 0 Å². The van der Waals surface area contributed by atoms with Crippen LogP contribution in [0.25, 0.3) is 0 Å². The van der Waals surface area contributed by atoms with Crippen LogP contribution in [0.2, 0.25) is 0 Å². The summed E-state index contributed by atoms with van der Waals surface area (Å²) in [6, 6.07) is 0. The average molecular weight is 163 g/mol. The second-order valence-corrected chi connectivity index (χ2v) is 2.61.